The first-order valence-corrected chi connectivity index (χ1v) is 10.4. The van der Waals surface area contributed by atoms with E-state index in [1.807, 2.05) is 59.5 Å². The van der Waals surface area contributed by atoms with Gasteiger partial charge in [0.1, 0.15) is 5.82 Å². The van der Waals surface area contributed by atoms with Gasteiger partial charge in [0.15, 0.2) is 5.78 Å². The number of anilines is 2. The molecule has 0 unspecified atom stereocenters. The second kappa shape index (κ2) is 6.92. The third-order valence-electron chi connectivity index (χ3n) is 6.16. The lowest BCUT2D eigenvalue weighted by atomic mass is 9.82. The van der Waals surface area contributed by atoms with Crippen LogP contribution in [0.2, 0.25) is 0 Å². The molecule has 1 aromatic heterocycles. The molecule has 7 nitrogen and oxygen atoms in total. The molecule has 7 heteroatoms. The van der Waals surface area contributed by atoms with E-state index in [9.17, 15) is 9.59 Å². The molecule has 0 spiro atoms. The third-order valence-corrected chi connectivity index (χ3v) is 6.16. The van der Waals surface area contributed by atoms with Gasteiger partial charge < -0.3 is 15.0 Å². The average Bonchev–Trinajstić information content (AvgIpc) is 3.11. The van der Waals surface area contributed by atoms with Crippen LogP contribution in [0.1, 0.15) is 33.0 Å². The number of hydrogen-bond acceptors (Lipinski definition) is 6. The monoisotopic (exact) mass is 412 g/mol. The molecule has 154 valence electrons. The Labute approximate surface area is 178 Å². The number of ether oxygens (including phenoxy) is 1. The Morgan fingerprint density at radius 3 is 2.42 bits per heavy atom. The summed E-state index contributed by atoms with van der Waals surface area (Å²) in [6.07, 6.45) is 0. The first kappa shape index (κ1) is 18.1. The van der Waals surface area contributed by atoms with E-state index in [0.29, 0.717) is 54.8 Å². The fourth-order valence-corrected chi connectivity index (χ4v) is 4.71. The fourth-order valence-electron chi connectivity index (χ4n) is 4.71. The van der Waals surface area contributed by atoms with E-state index in [-0.39, 0.29) is 11.3 Å². The number of carbonyl (C=O) groups is 1. The number of aromatic amines is 1. The number of benzene rings is 2. The fraction of sp³-hybridized carbons (Fsp3) is 0.208. The number of hydrogen-bond donors (Lipinski definition) is 2. The highest BCUT2D eigenvalue weighted by Crippen LogP contribution is 2.47. The molecule has 3 aromatic rings. The molecule has 1 atom stereocenters. The molecular formula is C24H20N4O3. The predicted molar refractivity (Wildman–Crippen MR) is 117 cm³/mol. The summed E-state index contributed by atoms with van der Waals surface area (Å²) >= 11 is 0. The van der Waals surface area contributed by atoms with Crippen molar-refractivity contribution in [3.05, 3.63) is 92.8 Å². The summed E-state index contributed by atoms with van der Waals surface area (Å²) in [4.78, 5) is 36.5. The van der Waals surface area contributed by atoms with Gasteiger partial charge in [-0.25, -0.2) is 0 Å². The zero-order valence-electron chi connectivity index (χ0n) is 16.7. The summed E-state index contributed by atoms with van der Waals surface area (Å²) in [6, 6.07) is 17.2. The number of morpholine rings is 1. The third kappa shape index (κ3) is 2.74. The maximum atomic E-state index is 13.4. The van der Waals surface area contributed by atoms with Crippen molar-refractivity contribution < 1.29 is 9.53 Å². The number of nitrogens with one attached hydrogen (secondary N) is 2. The number of allylic oxidation sites excluding steroid dienone is 1. The quantitative estimate of drug-likeness (QED) is 0.673. The zero-order valence-corrected chi connectivity index (χ0v) is 16.7. The van der Waals surface area contributed by atoms with Crippen molar-refractivity contribution in [2.75, 3.05) is 36.5 Å². The van der Waals surface area contributed by atoms with Crippen molar-refractivity contribution in [1.82, 2.24) is 9.97 Å². The molecule has 0 radical (unpaired) electrons. The molecule has 0 amide bonds. The van der Waals surface area contributed by atoms with Gasteiger partial charge in [0.05, 0.1) is 24.5 Å². The minimum Gasteiger partial charge on any atom is -0.378 e. The molecule has 0 bridgehead atoms. The van der Waals surface area contributed by atoms with Crippen molar-refractivity contribution in [2.24, 2.45) is 0 Å². The van der Waals surface area contributed by atoms with Crippen molar-refractivity contribution in [1.29, 1.82) is 0 Å². The summed E-state index contributed by atoms with van der Waals surface area (Å²) in [5.74, 6) is 0.493. The summed E-state index contributed by atoms with van der Waals surface area (Å²) in [6.45, 7) is 2.52. The molecule has 2 N–H and O–H groups in total. The van der Waals surface area contributed by atoms with Crippen LogP contribution in [0.5, 0.6) is 0 Å². The Hall–Kier alpha value is -3.71. The van der Waals surface area contributed by atoms with Crippen LogP contribution in [0.25, 0.3) is 5.70 Å². The predicted octanol–water partition coefficient (Wildman–Crippen LogP) is 2.77. The smallest absolute Gasteiger partial charge is 0.258 e. The highest BCUT2D eigenvalue weighted by molar-refractivity contribution is 6.23. The van der Waals surface area contributed by atoms with Crippen LogP contribution in [0.3, 0.4) is 0 Å². The number of fused-ring (bicyclic) bond motifs is 3. The van der Waals surface area contributed by atoms with Crippen LogP contribution in [0, 0.1) is 0 Å². The van der Waals surface area contributed by atoms with Gasteiger partial charge in [-0.2, -0.15) is 4.98 Å². The Morgan fingerprint density at radius 2 is 1.65 bits per heavy atom. The van der Waals surface area contributed by atoms with Gasteiger partial charge in [-0.1, -0.05) is 54.6 Å². The molecule has 3 heterocycles. The number of rotatable bonds is 2. The molecule has 3 aliphatic rings. The lowest BCUT2D eigenvalue weighted by Crippen LogP contribution is -2.39. The van der Waals surface area contributed by atoms with Crippen molar-refractivity contribution in [3.63, 3.8) is 0 Å². The zero-order chi connectivity index (χ0) is 20.9. The maximum absolute atomic E-state index is 13.4. The van der Waals surface area contributed by atoms with E-state index < -0.39 is 5.92 Å². The largest absolute Gasteiger partial charge is 0.378 e. The Kier molecular flexibility index (Phi) is 4.04. The SMILES string of the molecule is O=C1C2=C(Nc3nc(N4CCOCC4)[nH]c(=O)c3[C@@H]2c2ccccc2)c2ccccc21. The summed E-state index contributed by atoms with van der Waals surface area (Å²) in [7, 11) is 0. The van der Waals surface area contributed by atoms with Crippen LogP contribution in [-0.2, 0) is 4.74 Å². The van der Waals surface area contributed by atoms with Crippen molar-refractivity contribution >= 4 is 23.2 Å². The van der Waals surface area contributed by atoms with Gasteiger partial charge in [-0.05, 0) is 5.56 Å². The van der Waals surface area contributed by atoms with Crippen LogP contribution < -0.4 is 15.8 Å². The Morgan fingerprint density at radius 1 is 0.935 bits per heavy atom. The number of nitrogens with zero attached hydrogens (tertiary/aromatic N) is 2. The van der Waals surface area contributed by atoms with Gasteiger partial charge in [0, 0.05) is 35.7 Å². The maximum Gasteiger partial charge on any atom is 0.258 e. The van der Waals surface area contributed by atoms with Crippen LogP contribution in [-0.4, -0.2) is 42.1 Å². The first-order valence-electron chi connectivity index (χ1n) is 10.4. The normalized spacial score (nSPS) is 19.5. The van der Waals surface area contributed by atoms with Gasteiger partial charge in [-0.3, -0.25) is 14.6 Å². The van der Waals surface area contributed by atoms with Gasteiger partial charge in [-0.15, -0.1) is 0 Å². The molecule has 1 fully saturated rings. The highest BCUT2D eigenvalue weighted by atomic mass is 16.5. The van der Waals surface area contributed by atoms with Gasteiger partial charge in [0.25, 0.3) is 5.56 Å². The van der Waals surface area contributed by atoms with E-state index >= 15 is 0 Å². The van der Waals surface area contributed by atoms with E-state index in [1.165, 1.54) is 0 Å². The molecule has 31 heavy (non-hydrogen) atoms. The number of aromatic nitrogens is 2. The van der Waals surface area contributed by atoms with Gasteiger partial charge in [0.2, 0.25) is 5.95 Å². The van der Waals surface area contributed by atoms with Gasteiger partial charge >= 0.3 is 0 Å². The second-order valence-corrected chi connectivity index (χ2v) is 7.88. The molecule has 1 aliphatic carbocycles. The topological polar surface area (TPSA) is 87.3 Å². The summed E-state index contributed by atoms with van der Waals surface area (Å²) in [5, 5.41) is 3.34. The Bertz CT molecular complexity index is 1290. The lowest BCUT2D eigenvalue weighted by molar-refractivity contribution is 0.103. The molecule has 2 aliphatic heterocycles. The lowest BCUT2D eigenvalue weighted by Gasteiger charge is -2.30. The summed E-state index contributed by atoms with van der Waals surface area (Å²) < 4.78 is 5.42. The number of ketones is 1. The standard InChI is InChI=1S/C24H20N4O3/c29-21-16-9-5-4-8-15(16)20-18(21)17(14-6-2-1-3-7-14)19-22(25-20)26-24(27-23(19)30)28-10-12-31-13-11-28/h1-9,17H,10-13H2,(H2,25,26,27,30)/t17-/m1/s1. The molecule has 6 rings (SSSR count). The van der Waals surface area contributed by atoms with E-state index in [0.717, 1.165) is 16.8 Å². The van der Waals surface area contributed by atoms with Crippen LogP contribution in [0.15, 0.2) is 65.0 Å². The van der Waals surface area contributed by atoms with Crippen LogP contribution >= 0.6 is 0 Å². The minimum atomic E-state index is -0.484. The molecule has 0 saturated carbocycles. The molecule has 2 aromatic carbocycles. The van der Waals surface area contributed by atoms with Crippen molar-refractivity contribution in [2.45, 2.75) is 5.92 Å². The summed E-state index contributed by atoms with van der Waals surface area (Å²) in [5.41, 5.74) is 3.98. The Balaban J connectivity index is 1.57. The minimum absolute atomic E-state index is 0.0470. The number of carbonyl (C=O) groups excluding carboxylic acids is 1. The van der Waals surface area contributed by atoms with Crippen LogP contribution in [0.4, 0.5) is 11.8 Å². The second-order valence-electron chi connectivity index (χ2n) is 7.88. The molecule has 1 saturated heterocycles. The van der Waals surface area contributed by atoms with E-state index in [4.69, 9.17) is 9.72 Å². The molecular weight excluding hydrogens is 392 g/mol. The van der Waals surface area contributed by atoms with E-state index in [2.05, 4.69) is 10.3 Å². The number of H-pyrrole nitrogens is 1. The number of Topliss-reactive ketones (excluding diaryl/α,β-unsaturated/α-hetero) is 1. The average molecular weight is 412 g/mol. The first-order chi connectivity index (χ1) is 15.2. The highest BCUT2D eigenvalue weighted by Gasteiger charge is 2.42. The van der Waals surface area contributed by atoms with Crippen molar-refractivity contribution in [3.8, 4) is 0 Å². The van der Waals surface area contributed by atoms with E-state index in [1.54, 1.807) is 0 Å².